The lowest BCUT2D eigenvalue weighted by atomic mass is 9.77. The van der Waals surface area contributed by atoms with Gasteiger partial charge in [-0.05, 0) is 68.6 Å². The Hall–Kier alpha value is -3.44. The predicted octanol–water partition coefficient (Wildman–Crippen LogP) is 3.36. The van der Waals surface area contributed by atoms with Gasteiger partial charge in [-0.1, -0.05) is 19.8 Å². The summed E-state index contributed by atoms with van der Waals surface area (Å²) >= 11 is 0. The van der Waals surface area contributed by atoms with Gasteiger partial charge < -0.3 is 35.6 Å². The van der Waals surface area contributed by atoms with Gasteiger partial charge in [-0.3, -0.25) is 9.59 Å². The zero-order valence-electron chi connectivity index (χ0n) is 24.9. The van der Waals surface area contributed by atoms with Crippen LogP contribution in [0.5, 0.6) is 5.75 Å². The summed E-state index contributed by atoms with van der Waals surface area (Å²) in [6.45, 7) is 4.03. The second-order valence-electron chi connectivity index (χ2n) is 12.6. The number of anilines is 4. The zero-order valence-corrected chi connectivity index (χ0v) is 24.9. The highest BCUT2D eigenvalue weighted by molar-refractivity contribution is 6.04. The van der Waals surface area contributed by atoms with E-state index in [2.05, 4.69) is 25.8 Å². The molecule has 11 nitrogen and oxygen atoms in total. The fourth-order valence-corrected chi connectivity index (χ4v) is 7.59. The third kappa shape index (κ3) is 5.06. The van der Waals surface area contributed by atoms with Crippen LogP contribution in [0.2, 0.25) is 0 Å². The number of rotatable bonds is 9. The van der Waals surface area contributed by atoms with E-state index in [1.165, 1.54) is 0 Å². The van der Waals surface area contributed by atoms with Crippen molar-refractivity contribution in [2.45, 2.75) is 82.3 Å². The van der Waals surface area contributed by atoms with E-state index in [1.807, 2.05) is 6.92 Å². The number of carbonyl (C=O) groups excluding carboxylic acids is 2. The summed E-state index contributed by atoms with van der Waals surface area (Å²) in [4.78, 5) is 40.0. The first-order valence-corrected chi connectivity index (χ1v) is 15.3. The molecule has 3 fully saturated rings. The van der Waals surface area contributed by atoms with Gasteiger partial charge in [-0.2, -0.15) is 4.98 Å². The fraction of sp³-hybridized carbons (Fsp3) is 0.613. The van der Waals surface area contributed by atoms with Crippen molar-refractivity contribution < 1.29 is 19.4 Å². The van der Waals surface area contributed by atoms with Gasteiger partial charge in [0.05, 0.1) is 19.0 Å². The first-order chi connectivity index (χ1) is 20.3. The van der Waals surface area contributed by atoms with Crippen LogP contribution in [-0.2, 0) is 4.79 Å². The van der Waals surface area contributed by atoms with Crippen molar-refractivity contribution >= 4 is 35.0 Å². The molecule has 2 atom stereocenters. The number of fused-ring (bicyclic) bond motifs is 1. The maximum absolute atomic E-state index is 13.4. The molecule has 0 radical (unpaired) electrons. The maximum atomic E-state index is 13.4. The molecular weight excluding hydrogens is 534 g/mol. The van der Waals surface area contributed by atoms with Gasteiger partial charge in [0.15, 0.2) is 5.82 Å². The molecule has 1 aromatic carbocycles. The van der Waals surface area contributed by atoms with Gasteiger partial charge in [-0.25, -0.2) is 4.98 Å². The van der Waals surface area contributed by atoms with Crippen LogP contribution in [0.4, 0.5) is 23.1 Å². The summed E-state index contributed by atoms with van der Waals surface area (Å²) < 4.78 is 5.68. The average Bonchev–Trinajstić information content (AvgIpc) is 3.64. The highest BCUT2D eigenvalue weighted by Crippen LogP contribution is 2.48. The second kappa shape index (κ2) is 11.3. The number of nitrogens with zero attached hydrogens (tertiary/aromatic N) is 4. The van der Waals surface area contributed by atoms with Crippen LogP contribution in [0.3, 0.4) is 0 Å². The van der Waals surface area contributed by atoms with Crippen molar-refractivity contribution in [2.75, 3.05) is 49.0 Å². The molecule has 3 heterocycles. The number of aliphatic hydroxyl groups excluding tert-OH is 1. The van der Waals surface area contributed by atoms with E-state index in [4.69, 9.17) is 9.72 Å². The summed E-state index contributed by atoms with van der Waals surface area (Å²) in [5.74, 6) is 1.58. The van der Waals surface area contributed by atoms with Gasteiger partial charge in [0, 0.05) is 43.9 Å². The van der Waals surface area contributed by atoms with Crippen molar-refractivity contribution in [1.82, 2.24) is 20.6 Å². The van der Waals surface area contributed by atoms with Crippen LogP contribution in [0.1, 0.15) is 75.1 Å². The Morgan fingerprint density at radius 1 is 1.24 bits per heavy atom. The quantitative estimate of drug-likeness (QED) is 0.354. The number of aromatic nitrogens is 2. The van der Waals surface area contributed by atoms with E-state index < -0.39 is 5.54 Å². The number of nitrogens with one attached hydrogen (secondary N) is 3. The van der Waals surface area contributed by atoms with Crippen molar-refractivity contribution in [2.24, 2.45) is 5.41 Å². The number of benzene rings is 1. The maximum Gasteiger partial charge on any atom is 0.251 e. The first-order valence-electron chi connectivity index (χ1n) is 15.3. The smallest absolute Gasteiger partial charge is 0.251 e. The molecule has 2 saturated carbocycles. The lowest BCUT2D eigenvalue weighted by Crippen LogP contribution is -2.55. The molecule has 6 rings (SSSR count). The minimum atomic E-state index is -0.398. The van der Waals surface area contributed by atoms with Gasteiger partial charge in [-0.15, -0.1) is 0 Å². The molecule has 1 unspecified atom stereocenters. The van der Waals surface area contributed by atoms with Crippen LogP contribution in [0.25, 0.3) is 0 Å². The summed E-state index contributed by atoms with van der Waals surface area (Å²) in [7, 11) is 3.36. The lowest BCUT2D eigenvalue weighted by Gasteiger charge is -2.43. The Bertz CT molecular complexity index is 1340. The lowest BCUT2D eigenvalue weighted by molar-refractivity contribution is -0.120. The number of ether oxygens (including phenoxy) is 1. The summed E-state index contributed by atoms with van der Waals surface area (Å²) in [6.07, 6.45) is 10.2. The zero-order chi connectivity index (χ0) is 29.5. The molecule has 1 aromatic heterocycles. The molecular formula is C31H43N7O4. The Labute approximate surface area is 247 Å². The topological polar surface area (TPSA) is 132 Å². The van der Waals surface area contributed by atoms with Crippen LogP contribution >= 0.6 is 0 Å². The third-order valence-corrected chi connectivity index (χ3v) is 9.94. The summed E-state index contributed by atoms with van der Waals surface area (Å²) in [6, 6.07) is 5.34. The number of carbonyl (C=O) groups is 2. The van der Waals surface area contributed by atoms with Crippen LogP contribution < -0.4 is 30.5 Å². The molecule has 42 heavy (non-hydrogen) atoms. The van der Waals surface area contributed by atoms with Crippen molar-refractivity contribution in [3.63, 3.8) is 0 Å². The Kier molecular flexibility index (Phi) is 7.74. The minimum Gasteiger partial charge on any atom is -0.495 e. The van der Waals surface area contributed by atoms with Crippen LogP contribution in [0, 0.1) is 5.41 Å². The summed E-state index contributed by atoms with van der Waals surface area (Å²) in [5, 5.41) is 19.7. The number of hydrogen-bond donors (Lipinski definition) is 4. The van der Waals surface area contributed by atoms with E-state index in [-0.39, 0.29) is 35.9 Å². The van der Waals surface area contributed by atoms with E-state index >= 15 is 0 Å². The minimum absolute atomic E-state index is 0.0396. The van der Waals surface area contributed by atoms with Crippen LogP contribution in [0.15, 0.2) is 24.4 Å². The molecule has 2 aliphatic heterocycles. The Balaban J connectivity index is 1.23. The van der Waals surface area contributed by atoms with Crippen molar-refractivity contribution in [3.05, 3.63) is 30.0 Å². The van der Waals surface area contributed by atoms with E-state index in [1.54, 1.807) is 43.5 Å². The predicted molar refractivity (Wildman–Crippen MR) is 162 cm³/mol. The summed E-state index contributed by atoms with van der Waals surface area (Å²) in [5.41, 5.74) is 1.68. The molecule has 4 aliphatic rings. The third-order valence-electron chi connectivity index (χ3n) is 9.94. The first kappa shape index (κ1) is 28.7. The largest absolute Gasteiger partial charge is 0.495 e. The van der Waals surface area contributed by atoms with Gasteiger partial charge in [0.25, 0.3) is 5.91 Å². The fourth-order valence-electron chi connectivity index (χ4n) is 7.59. The van der Waals surface area contributed by atoms with Crippen molar-refractivity contribution in [1.29, 1.82) is 0 Å². The molecule has 2 amide bonds. The van der Waals surface area contributed by atoms with E-state index in [9.17, 15) is 14.7 Å². The number of methoxy groups -OCH3 is 1. The van der Waals surface area contributed by atoms with E-state index in [0.29, 0.717) is 41.5 Å². The highest BCUT2D eigenvalue weighted by Gasteiger charge is 2.51. The molecule has 1 spiro atoms. The Morgan fingerprint density at radius 3 is 2.67 bits per heavy atom. The standard InChI is InChI=1S/C31H43N7O4/c1-4-23-28(41)37(2)24-16-33-29(35-26(24)38(23)21-7-5-6-8-21)34-22-10-9-20(15-25(22)42-3)27(40)36-31(13-14-39)12-11-30(17-31)18-32-19-30/h9-10,15-16,21,23,32,39H,4-8,11-14,17-19H2,1-3H3,(H,36,40)(H,33,34,35)/t23-,31?/m1/s1. The highest BCUT2D eigenvalue weighted by atomic mass is 16.5. The molecule has 0 bridgehead atoms. The van der Waals surface area contributed by atoms with Crippen LogP contribution in [-0.4, -0.2) is 78.4 Å². The van der Waals surface area contributed by atoms with Gasteiger partial charge in [0.1, 0.15) is 17.5 Å². The monoisotopic (exact) mass is 577 g/mol. The number of amides is 2. The Morgan fingerprint density at radius 2 is 2.02 bits per heavy atom. The average molecular weight is 578 g/mol. The molecule has 11 heteroatoms. The van der Waals surface area contributed by atoms with Gasteiger partial charge >= 0.3 is 0 Å². The molecule has 226 valence electrons. The van der Waals surface area contributed by atoms with Gasteiger partial charge in [0.2, 0.25) is 11.9 Å². The normalized spacial score (nSPS) is 25.0. The van der Waals surface area contributed by atoms with E-state index in [0.717, 1.165) is 63.9 Å². The van der Waals surface area contributed by atoms with Crippen molar-refractivity contribution in [3.8, 4) is 5.75 Å². The second-order valence-corrected chi connectivity index (χ2v) is 12.6. The molecule has 2 aromatic rings. The molecule has 4 N–H and O–H groups in total. The molecule has 1 saturated heterocycles. The molecule has 2 aliphatic carbocycles. The number of aliphatic hydroxyl groups is 1. The number of hydrogen-bond acceptors (Lipinski definition) is 9. The SMILES string of the molecule is CC[C@@H]1C(=O)N(C)c2cnc(Nc3ccc(C(=O)NC4(CCO)CCC5(CNC5)C4)cc3OC)nc2N1C1CCCC1. The number of likely N-dealkylation sites (N-methyl/N-ethyl adjacent to an activating group) is 1.